The Morgan fingerprint density at radius 3 is 2.50 bits per heavy atom. The van der Waals surface area contributed by atoms with Gasteiger partial charge in [-0.25, -0.2) is 4.39 Å². The summed E-state index contributed by atoms with van der Waals surface area (Å²) in [7, 11) is 0. The number of nitrogens with one attached hydrogen (secondary N) is 1. The van der Waals surface area contributed by atoms with Gasteiger partial charge in [0.05, 0.1) is 12.3 Å². The second-order valence-electron chi connectivity index (χ2n) is 6.21. The van der Waals surface area contributed by atoms with Crippen LogP contribution in [-0.2, 0) is 6.54 Å². The van der Waals surface area contributed by atoms with Gasteiger partial charge in [-0.05, 0) is 37.3 Å². The largest absolute Gasteiger partial charge is 0.492 e. The number of piperazine rings is 1. The smallest absolute Gasteiger partial charge is 0.173 e. The molecule has 1 fully saturated rings. The highest BCUT2D eigenvalue weighted by Gasteiger charge is 2.20. The normalized spacial score (nSPS) is 14.9. The summed E-state index contributed by atoms with van der Waals surface area (Å²) in [4.78, 5) is 4.40. The fraction of sp³-hybridized carbons (Fsp3) is 0.350. The Morgan fingerprint density at radius 1 is 1.08 bits per heavy atom. The minimum absolute atomic E-state index is 0.139. The van der Waals surface area contributed by atoms with E-state index in [4.69, 9.17) is 17.0 Å². The van der Waals surface area contributed by atoms with E-state index in [0.717, 1.165) is 43.2 Å². The molecule has 1 aliphatic heterocycles. The van der Waals surface area contributed by atoms with Gasteiger partial charge < -0.3 is 15.0 Å². The lowest BCUT2D eigenvalue weighted by molar-refractivity contribution is 0.175. The molecule has 0 radical (unpaired) electrons. The fourth-order valence-electron chi connectivity index (χ4n) is 3.02. The Kier molecular flexibility index (Phi) is 6.41. The summed E-state index contributed by atoms with van der Waals surface area (Å²) in [6, 6.07) is 14.8. The first-order valence-corrected chi connectivity index (χ1v) is 9.31. The molecule has 1 saturated heterocycles. The molecule has 0 spiro atoms. The molecular weight excluding hydrogens is 349 g/mol. The highest BCUT2D eigenvalue weighted by molar-refractivity contribution is 7.80. The maximum Gasteiger partial charge on any atom is 0.173 e. The molecule has 2 aromatic rings. The summed E-state index contributed by atoms with van der Waals surface area (Å²) in [5.41, 5.74) is 1.63. The Bertz CT molecular complexity index is 747. The van der Waals surface area contributed by atoms with Crippen molar-refractivity contribution in [2.45, 2.75) is 13.5 Å². The van der Waals surface area contributed by atoms with Crippen LogP contribution in [-0.4, -0.2) is 47.7 Å². The first-order valence-electron chi connectivity index (χ1n) is 8.91. The van der Waals surface area contributed by atoms with Crippen molar-refractivity contribution >= 4 is 23.0 Å². The maximum absolute atomic E-state index is 13.8. The SMILES string of the molecule is CCOc1ccccc1NC(=S)N1CCN(Cc2ccccc2F)CC1. The molecule has 0 aliphatic carbocycles. The molecule has 0 saturated carbocycles. The zero-order valence-electron chi connectivity index (χ0n) is 15.0. The van der Waals surface area contributed by atoms with Crippen molar-refractivity contribution in [1.82, 2.24) is 9.80 Å². The summed E-state index contributed by atoms with van der Waals surface area (Å²) in [6.07, 6.45) is 0. The van der Waals surface area contributed by atoms with Crippen molar-refractivity contribution in [3.63, 3.8) is 0 Å². The molecule has 1 heterocycles. The third-order valence-electron chi connectivity index (χ3n) is 4.44. The van der Waals surface area contributed by atoms with Crippen LogP contribution in [0.1, 0.15) is 12.5 Å². The summed E-state index contributed by atoms with van der Waals surface area (Å²) in [5, 5.41) is 3.99. The van der Waals surface area contributed by atoms with Gasteiger partial charge in [-0.2, -0.15) is 0 Å². The first kappa shape index (κ1) is 18.6. The number of halogens is 1. The van der Waals surface area contributed by atoms with Gasteiger partial charge in [0.1, 0.15) is 11.6 Å². The Labute approximate surface area is 159 Å². The minimum atomic E-state index is -0.139. The molecule has 1 N–H and O–H groups in total. The molecule has 0 aromatic heterocycles. The van der Waals surface area contributed by atoms with E-state index in [1.54, 1.807) is 6.07 Å². The number of nitrogens with zero attached hydrogens (tertiary/aromatic N) is 2. The third-order valence-corrected chi connectivity index (χ3v) is 4.80. The van der Waals surface area contributed by atoms with Gasteiger partial charge in [0, 0.05) is 38.3 Å². The second-order valence-corrected chi connectivity index (χ2v) is 6.60. The van der Waals surface area contributed by atoms with Crippen molar-refractivity contribution in [2.24, 2.45) is 0 Å². The van der Waals surface area contributed by atoms with Gasteiger partial charge in [-0.15, -0.1) is 0 Å². The number of para-hydroxylation sites is 2. The summed E-state index contributed by atoms with van der Waals surface area (Å²) < 4.78 is 19.4. The number of ether oxygens (including phenoxy) is 1. The number of anilines is 1. The summed E-state index contributed by atoms with van der Waals surface area (Å²) in [5.74, 6) is 0.662. The topological polar surface area (TPSA) is 27.7 Å². The maximum atomic E-state index is 13.8. The number of thiocarbonyl (C=S) groups is 1. The van der Waals surface area contributed by atoms with Crippen LogP contribution in [0.4, 0.5) is 10.1 Å². The number of hydrogen-bond acceptors (Lipinski definition) is 3. The van der Waals surface area contributed by atoms with E-state index in [-0.39, 0.29) is 5.82 Å². The molecule has 26 heavy (non-hydrogen) atoms. The Morgan fingerprint density at radius 2 is 1.77 bits per heavy atom. The molecular formula is C20H24FN3OS. The molecule has 1 aliphatic rings. The van der Waals surface area contributed by atoms with E-state index >= 15 is 0 Å². The molecule has 0 atom stereocenters. The lowest BCUT2D eigenvalue weighted by Gasteiger charge is -2.36. The molecule has 4 nitrogen and oxygen atoms in total. The fourth-order valence-corrected chi connectivity index (χ4v) is 3.31. The monoisotopic (exact) mass is 373 g/mol. The van der Waals surface area contributed by atoms with Crippen LogP contribution in [0, 0.1) is 5.82 Å². The van der Waals surface area contributed by atoms with Gasteiger partial charge in [-0.1, -0.05) is 30.3 Å². The zero-order chi connectivity index (χ0) is 18.4. The van der Waals surface area contributed by atoms with Gasteiger partial charge in [0.25, 0.3) is 0 Å². The van der Waals surface area contributed by atoms with Crippen LogP contribution in [0.3, 0.4) is 0 Å². The van der Waals surface area contributed by atoms with Gasteiger partial charge in [0.2, 0.25) is 0 Å². The minimum Gasteiger partial charge on any atom is -0.492 e. The first-order chi connectivity index (χ1) is 12.7. The van der Waals surface area contributed by atoms with Crippen LogP contribution in [0.5, 0.6) is 5.75 Å². The quantitative estimate of drug-likeness (QED) is 0.806. The van der Waals surface area contributed by atoms with Crippen molar-refractivity contribution in [2.75, 3.05) is 38.1 Å². The van der Waals surface area contributed by atoms with E-state index in [2.05, 4.69) is 15.1 Å². The highest BCUT2D eigenvalue weighted by Crippen LogP contribution is 2.24. The van der Waals surface area contributed by atoms with E-state index in [0.29, 0.717) is 18.3 Å². The highest BCUT2D eigenvalue weighted by atomic mass is 32.1. The van der Waals surface area contributed by atoms with Crippen molar-refractivity contribution in [1.29, 1.82) is 0 Å². The van der Waals surface area contributed by atoms with Crippen molar-refractivity contribution < 1.29 is 9.13 Å². The predicted octanol–water partition coefficient (Wildman–Crippen LogP) is 3.74. The number of rotatable bonds is 5. The molecule has 138 valence electrons. The van der Waals surface area contributed by atoms with Crippen LogP contribution in [0.15, 0.2) is 48.5 Å². The van der Waals surface area contributed by atoms with Crippen LogP contribution in [0.25, 0.3) is 0 Å². The molecule has 2 aromatic carbocycles. The molecule has 0 unspecified atom stereocenters. The Balaban J connectivity index is 1.53. The van der Waals surface area contributed by atoms with Crippen LogP contribution < -0.4 is 10.1 Å². The molecule has 0 bridgehead atoms. The molecule has 6 heteroatoms. The van der Waals surface area contributed by atoms with E-state index < -0.39 is 0 Å². The lowest BCUT2D eigenvalue weighted by Crippen LogP contribution is -2.49. The number of benzene rings is 2. The average molecular weight is 373 g/mol. The number of hydrogen-bond donors (Lipinski definition) is 1. The third kappa shape index (κ3) is 4.71. The lowest BCUT2D eigenvalue weighted by atomic mass is 10.2. The summed E-state index contributed by atoms with van der Waals surface area (Å²) in [6.45, 7) is 6.54. The van der Waals surface area contributed by atoms with Crippen molar-refractivity contribution in [3.05, 3.63) is 59.9 Å². The van der Waals surface area contributed by atoms with Crippen LogP contribution in [0.2, 0.25) is 0 Å². The average Bonchev–Trinajstić information content (AvgIpc) is 2.66. The van der Waals surface area contributed by atoms with Crippen molar-refractivity contribution in [3.8, 4) is 5.75 Å². The second kappa shape index (κ2) is 8.96. The van der Waals surface area contributed by atoms with Crippen LogP contribution >= 0.6 is 12.2 Å². The standard InChI is InChI=1S/C20H24FN3OS/c1-2-25-19-10-6-5-9-18(19)22-20(26)24-13-11-23(12-14-24)15-16-7-3-4-8-17(16)21/h3-10H,2,11-15H2,1H3,(H,22,26). The predicted molar refractivity (Wildman–Crippen MR) is 107 cm³/mol. The zero-order valence-corrected chi connectivity index (χ0v) is 15.8. The van der Waals surface area contributed by atoms with E-state index in [9.17, 15) is 4.39 Å². The summed E-state index contributed by atoms with van der Waals surface area (Å²) >= 11 is 5.57. The van der Waals surface area contributed by atoms with Gasteiger partial charge in [0.15, 0.2) is 5.11 Å². The molecule has 0 amide bonds. The van der Waals surface area contributed by atoms with Gasteiger partial charge in [-0.3, -0.25) is 4.90 Å². The van der Waals surface area contributed by atoms with E-state index in [1.165, 1.54) is 6.07 Å². The van der Waals surface area contributed by atoms with E-state index in [1.807, 2.05) is 43.3 Å². The molecule has 3 rings (SSSR count). The van der Waals surface area contributed by atoms with Gasteiger partial charge >= 0.3 is 0 Å². The Hall–Kier alpha value is -2.18.